The van der Waals surface area contributed by atoms with Gasteiger partial charge in [-0.1, -0.05) is 12.8 Å². The molecule has 2 aliphatic carbocycles. The van der Waals surface area contributed by atoms with E-state index in [-0.39, 0.29) is 23.8 Å². The first-order chi connectivity index (χ1) is 11.7. The minimum atomic E-state index is 0.169. The fraction of sp³-hybridized carbons (Fsp3) is 0.895. The summed E-state index contributed by atoms with van der Waals surface area (Å²) in [5, 5.41) is 6.46. The smallest absolute Gasteiger partial charge is 0.225 e. The van der Waals surface area contributed by atoms with Crippen molar-refractivity contribution in [1.82, 2.24) is 15.5 Å². The first kappa shape index (κ1) is 17.7. The molecule has 3 fully saturated rings. The van der Waals surface area contributed by atoms with Crippen LogP contribution in [0.5, 0.6) is 0 Å². The van der Waals surface area contributed by atoms with Gasteiger partial charge in [-0.25, -0.2) is 0 Å². The Hall–Kier alpha value is -1.10. The van der Waals surface area contributed by atoms with Crippen LogP contribution in [0, 0.1) is 11.8 Å². The molecule has 0 aromatic carbocycles. The van der Waals surface area contributed by atoms with E-state index in [1.165, 1.54) is 12.8 Å². The Morgan fingerprint density at radius 2 is 1.62 bits per heavy atom. The molecule has 2 amide bonds. The highest BCUT2D eigenvalue weighted by atomic mass is 16.2. The standard InChI is InChI=1S/C19H33N3O2/c1-20-13-17-7-4-12-22(17)19(24)15-8-10-16(11-9-15)21-18(23)14-5-2-3-6-14/h14-17,20H,2-13H2,1H3,(H,21,23). The van der Waals surface area contributed by atoms with Gasteiger partial charge in [0.2, 0.25) is 11.8 Å². The van der Waals surface area contributed by atoms with Gasteiger partial charge in [-0.2, -0.15) is 0 Å². The number of carbonyl (C=O) groups excluding carboxylic acids is 2. The molecule has 1 unspecified atom stereocenters. The minimum absolute atomic E-state index is 0.169. The van der Waals surface area contributed by atoms with E-state index in [1.54, 1.807) is 0 Å². The number of amides is 2. The van der Waals surface area contributed by atoms with Crippen molar-refractivity contribution in [2.45, 2.75) is 76.3 Å². The quantitative estimate of drug-likeness (QED) is 0.808. The summed E-state index contributed by atoms with van der Waals surface area (Å²) in [5.41, 5.74) is 0. The lowest BCUT2D eigenvalue weighted by atomic mass is 9.84. The number of hydrogen-bond donors (Lipinski definition) is 2. The molecule has 136 valence electrons. The van der Waals surface area contributed by atoms with Crippen LogP contribution < -0.4 is 10.6 Å². The number of nitrogens with one attached hydrogen (secondary N) is 2. The maximum atomic E-state index is 12.8. The van der Waals surface area contributed by atoms with Gasteiger partial charge in [-0.15, -0.1) is 0 Å². The molecule has 5 nitrogen and oxygen atoms in total. The van der Waals surface area contributed by atoms with Gasteiger partial charge in [0, 0.05) is 37.0 Å². The van der Waals surface area contributed by atoms with E-state index < -0.39 is 0 Å². The Morgan fingerprint density at radius 3 is 2.29 bits per heavy atom. The van der Waals surface area contributed by atoms with Crippen LogP contribution in [-0.2, 0) is 9.59 Å². The summed E-state index contributed by atoms with van der Waals surface area (Å²) >= 11 is 0. The number of hydrogen-bond acceptors (Lipinski definition) is 3. The Balaban J connectivity index is 1.44. The highest BCUT2D eigenvalue weighted by Crippen LogP contribution is 2.30. The van der Waals surface area contributed by atoms with Gasteiger partial charge in [0.05, 0.1) is 0 Å². The van der Waals surface area contributed by atoms with Crippen LogP contribution in [0.3, 0.4) is 0 Å². The minimum Gasteiger partial charge on any atom is -0.353 e. The summed E-state index contributed by atoms with van der Waals surface area (Å²) in [6, 6.07) is 0.663. The number of carbonyl (C=O) groups is 2. The van der Waals surface area contributed by atoms with Gasteiger partial charge < -0.3 is 15.5 Å². The molecule has 1 aliphatic heterocycles. The molecule has 1 saturated heterocycles. The average Bonchev–Trinajstić information content (AvgIpc) is 3.27. The summed E-state index contributed by atoms with van der Waals surface area (Å²) in [5.74, 6) is 1.03. The summed E-state index contributed by atoms with van der Waals surface area (Å²) in [6.45, 7) is 1.82. The van der Waals surface area contributed by atoms with Crippen molar-refractivity contribution in [3.63, 3.8) is 0 Å². The molecular formula is C19H33N3O2. The van der Waals surface area contributed by atoms with Crippen LogP contribution in [0.15, 0.2) is 0 Å². The third-order valence-corrected chi connectivity index (χ3v) is 6.25. The molecule has 24 heavy (non-hydrogen) atoms. The van der Waals surface area contributed by atoms with Crippen molar-refractivity contribution in [2.24, 2.45) is 11.8 Å². The maximum absolute atomic E-state index is 12.8. The summed E-state index contributed by atoms with van der Waals surface area (Å²) in [6.07, 6.45) is 10.5. The third-order valence-electron chi connectivity index (χ3n) is 6.25. The molecule has 5 heteroatoms. The molecule has 3 aliphatic rings. The summed E-state index contributed by atoms with van der Waals surface area (Å²) in [4.78, 5) is 27.2. The molecule has 2 N–H and O–H groups in total. The molecule has 1 atom stereocenters. The predicted octanol–water partition coefficient (Wildman–Crippen LogP) is 2.06. The van der Waals surface area contributed by atoms with Gasteiger partial charge >= 0.3 is 0 Å². The van der Waals surface area contributed by atoms with E-state index in [0.717, 1.165) is 64.5 Å². The molecule has 0 aromatic heterocycles. The number of rotatable bonds is 5. The normalized spacial score (nSPS) is 31.4. The largest absolute Gasteiger partial charge is 0.353 e. The maximum Gasteiger partial charge on any atom is 0.225 e. The Bertz CT molecular complexity index is 440. The van der Waals surface area contributed by atoms with Gasteiger partial charge in [-0.05, 0) is 58.4 Å². The van der Waals surface area contributed by atoms with Crippen molar-refractivity contribution < 1.29 is 9.59 Å². The fourth-order valence-corrected chi connectivity index (χ4v) is 4.80. The zero-order valence-electron chi connectivity index (χ0n) is 15.1. The second-order valence-electron chi connectivity index (χ2n) is 7.92. The van der Waals surface area contributed by atoms with Gasteiger partial charge in [0.25, 0.3) is 0 Å². The van der Waals surface area contributed by atoms with Crippen molar-refractivity contribution in [3.05, 3.63) is 0 Å². The van der Waals surface area contributed by atoms with Crippen LogP contribution in [-0.4, -0.2) is 48.9 Å². The van der Waals surface area contributed by atoms with Crippen molar-refractivity contribution >= 4 is 11.8 Å². The van der Waals surface area contributed by atoms with E-state index >= 15 is 0 Å². The number of nitrogens with zero attached hydrogens (tertiary/aromatic N) is 1. The van der Waals surface area contributed by atoms with Crippen LogP contribution in [0.2, 0.25) is 0 Å². The SMILES string of the molecule is CNCC1CCCN1C(=O)C1CCC(NC(=O)C2CCCC2)CC1. The third kappa shape index (κ3) is 4.11. The lowest BCUT2D eigenvalue weighted by Gasteiger charge is -2.33. The fourth-order valence-electron chi connectivity index (χ4n) is 4.80. The van der Waals surface area contributed by atoms with Crippen LogP contribution in [0.1, 0.15) is 64.2 Å². The Morgan fingerprint density at radius 1 is 0.917 bits per heavy atom. The Kier molecular flexibility index (Phi) is 6.14. The van der Waals surface area contributed by atoms with E-state index in [2.05, 4.69) is 15.5 Å². The van der Waals surface area contributed by atoms with Gasteiger partial charge in [-0.3, -0.25) is 9.59 Å². The highest BCUT2D eigenvalue weighted by molar-refractivity contribution is 5.80. The monoisotopic (exact) mass is 335 g/mol. The van der Waals surface area contributed by atoms with E-state index in [1.807, 2.05) is 7.05 Å². The van der Waals surface area contributed by atoms with Crippen molar-refractivity contribution in [2.75, 3.05) is 20.1 Å². The molecule has 0 bridgehead atoms. The number of likely N-dealkylation sites (tertiary alicyclic amines) is 1. The van der Waals surface area contributed by atoms with Gasteiger partial charge in [0.1, 0.15) is 0 Å². The molecule has 1 heterocycles. The van der Waals surface area contributed by atoms with Crippen LogP contribution in [0.4, 0.5) is 0 Å². The highest BCUT2D eigenvalue weighted by Gasteiger charge is 2.35. The van der Waals surface area contributed by atoms with E-state index in [9.17, 15) is 9.59 Å². The molecule has 3 rings (SSSR count). The Labute approximate surface area is 145 Å². The first-order valence-corrected chi connectivity index (χ1v) is 9.94. The van der Waals surface area contributed by atoms with Crippen LogP contribution >= 0.6 is 0 Å². The molecule has 2 saturated carbocycles. The second-order valence-corrected chi connectivity index (χ2v) is 7.92. The van der Waals surface area contributed by atoms with Crippen molar-refractivity contribution in [1.29, 1.82) is 0 Å². The zero-order valence-corrected chi connectivity index (χ0v) is 15.1. The second kappa shape index (κ2) is 8.32. The summed E-state index contributed by atoms with van der Waals surface area (Å²) < 4.78 is 0. The summed E-state index contributed by atoms with van der Waals surface area (Å²) in [7, 11) is 1.96. The molecule has 0 aromatic rings. The van der Waals surface area contributed by atoms with E-state index in [0.29, 0.717) is 11.9 Å². The molecular weight excluding hydrogens is 302 g/mol. The molecule has 0 radical (unpaired) electrons. The van der Waals surface area contributed by atoms with E-state index in [4.69, 9.17) is 0 Å². The van der Waals surface area contributed by atoms with Crippen molar-refractivity contribution in [3.8, 4) is 0 Å². The average molecular weight is 335 g/mol. The molecule has 0 spiro atoms. The predicted molar refractivity (Wildman–Crippen MR) is 94.5 cm³/mol. The topological polar surface area (TPSA) is 61.4 Å². The van der Waals surface area contributed by atoms with Gasteiger partial charge in [0.15, 0.2) is 0 Å². The van der Waals surface area contributed by atoms with Crippen LogP contribution in [0.25, 0.3) is 0 Å². The lowest BCUT2D eigenvalue weighted by molar-refractivity contribution is -0.137. The first-order valence-electron chi connectivity index (χ1n) is 9.94. The lowest BCUT2D eigenvalue weighted by Crippen LogP contribution is -2.46. The zero-order chi connectivity index (χ0) is 16.9. The number of likely N-dealkylation sites (N-methyl/N-ethyl adjacent to an activating group) is 1.